The largest absolute Gasteiger partial charge is 0.588 e. The lowest BCUT2D eigenvalue weighted by atomic mass is 10.3. The van der Waals surface area contributed by atoms with Crippen molar-refractivity contribution in [2.75, 3.05) is 10.5 Å². The summed E-state index contributed by atoms with van der Waals surface area (Å²) in [5.74, 6) is 0. The van der Waals surface area contributed by atoms with Crippen molar-refractivity contribution in [1.29, 1.82) is 0 Å². The highest BCUT2D eigenvalue weighted by Gasteiger charge is 2.10. The molecular formula is C12H12N2OS. The number of para-hydroxylation sites is 1. The molecule has 0 heterocycles. The number of nitrogens with two attached hydrogens (primary N) is 1. The number of nitrogen functional groups attached to an aromatic ring is 1. The first-order chi connectivity index (χ1) is 7.75. The molecule has 0 fully saturated rings. The second-order valence-electron chi connectivity index (χ2n) is 3.31. The Morgan fingerprint density at radius 2 is 1.75 bits per heavy atom. The maximum Gasteiger partial charge on any atom is 0.181 e. The quantitative estimate of drug-likeness (QED) is 0.631. The van der Waals surface area contributed by atoms with Gasteiger partial charge in [0.15, 0.2) is 4.90 Å². The Morgan fingerprint density at radius 1 is 1.00 bits per heavy atom. The average molecular weight is 232 g/mol. The lowest BCUT2D eigenvalue weighted by Crippen LogP contribution is -2.13. The predicted octanol–water partition coefficient (Wildman–Crippen LogP) is 2.40. The third-order valence-electron chi connectivity index (χ3n) is 2.06. The van der Waals surface area contributed by atoms with Crippen LogP contribution in [-0.2, 0) is 11.4 Å². The van der Waals surface area contributed by atoms with E-state index in [2.05, 4.69) is 4.72 Å². The molecule has 3 N–H and O–H groups in total. The molecule has 1 unspecified atom stereocenters. The Morgan fingerprint density at radius 3 is 2.44 bits per heavy atom. The highest BCUT2D eigenvalue weighted by Crippen LogP contribution is 2.17. The maximum atomic E-state index is 11.9. The van der Waals surface area contributed by atoms with Gasteiger partial charge in [-0.1, -0.05) is 24.3 Å². The van der Waals surface area contributed by atoms with E-state index in [0.29, 0.717) is 10.6 Å². The lowest BCUT2D eigenvalue weighted by Gasteiger charge is -2.11. The average Bonchev–Trinajstić information content (AvgIpc) is 2.30. The van der Waals surface area contributed by atoms with Gasteiger partial charge in [0.2, 0.25) is 0 Å². The summed E-state index contributed by atoms with van der Waals surface area (Å²) < 4.78 is 14.8. The minimum Gasteiger partial charge on any atom is -0.588 e. The Balaban J connectivity index is 2.12. The van der Waals surface area contributed by atoms with Gasteiger partial charge in [0.05, 0.1) is 5.69 Å². The molecule has 0 aromatic heterocycles. The van der Waals surface area contributed by atoms with E-state index in [9.17, 15) is 4.55 Å². The topological polar surface area (TPSA) is 61.1 Å². The second-order valence-corrected chi connectivity index (χ2v) is 4.52. The van der Waals surface area contributed by atoms with Crippen LogP contribution < -0.4 is 10.5 Å². The highest BCUT2D eigenvalue weighted by molar-refractivity contribution is 7.92. The molecule has 16 heavy (non-hydrogen) atoms. The Labute approximate surface area is 97.6 Å². The molecular weight excluding hydrogens is 220 g/mol. The molecule has 2 rings (SSSR count). The van der Waals surface area contributed by atoms with E-state index in [4.69, 9.17) is 5.73 Å². The molecule has 0 aliphatic heterocycles. The Bertz CT molecular complexity index is 462. The zero-order valence-corrected chi connectivity index (χ0v) is 9.41. The number of hydrogen-bond acceptors (Lipinski definition) is 3. The zero-order chi connectivity index (χ0) is 11.4. The van der Waals surface area contributed by atoms with Gasteiger partial charge in [-0.3, -0.25) is 0 Å². The van der Waals surface area contributed by atoms with Crippen molar-refractivity contribution in [2.45, 2.75) is 4.90 Å². The normalized spacial score (nSPS) is 12.1. The van der Waals surface area contributed by atoms with Crippen LogP contribution in [0.4, 0.5) is 11.4 Å². The fraction of sp³-hybridized carbons (Fsp3) is 0. The molecule has 0 spiro atoms. The van der Waals surface area contributed by atoms with Gasteiger partial charge in [0.1, 0.15) is 11.4 Å². The van der Waals surface area contributed by atoms with Crippen molar-refractivity contribution in [3.05, 3.63) is 54.6 Å². The van der Waals surface area contributed by atoms with E-state index in [0.717, 1.165) is 5.69 Å². The van der Waals surface area contributed by atoms with Gasteiger partial charge < -0.3 is 10.3 Å². The van der Waals surface area contributed by atoms with Gasteiger partial charge in [0, 0.05) is 11.8 Å². The summed E-state index contributed by atoms with van der Waals surface area (Å²) in [5, 5.41) is 0. The molecule has 0 aliphatic rings. The SMILES string of the molecule is Nc1cccc([S+]([O-])Nc2ccccc2)c1. The summed E-state index contributed by atoms with van der Waals surface area (Å²) in [7, 11) is 0. The van der Waals surface area contributed by atoms with E-state index in [-0.39, 0.29) is 0 Å². The zero-order valence-electron chi connectivity index (χ0n) is 8.59. The third-order valence-corrected chi connectivity index (χ3v) is 3.16. The number of hydrogen-bond donors (Lipinski definition) is 2. The lowest BCUT2D eigenvalue weighted by molar-refractivity contribution is 0.600. The molecule has 2 aromatic carbocycles. The molecule has 3 nitrogen and oxygen atoms in total. The summed E-state index contributed by atoms with van der Waals surface area (Å²) in [5.41, 5.74) is 7.06. The van der Waals surface area contributed by atoms with Crippen LogP contribution in [0.25, 0.3) is 0 Å². The van der Waals surface area contributed by atoms with Gasteiger partial charge in [-0.25, -0.2) is 4.72 Å². The number of benzene rings is 2. The summed E-state index contributed by atoms with van der Waals surface area (Å²) in [6, 6.07) is 16.5. The van der Waals surface area contributed by atoms with Crippen molar-refractivity contribution in [3.8, 4) is 0 Å². The van der Waals surface area contributed by atoms with Crippen molar-refractivity contribution in [1.82, 2.24) is 0 Å². The van der Waals surface area contributed by atoms with Crippen molar-refractivity contribution < 1.29 is 4.55 Å². The summed E-state index contributed by atoms with van der Waals surface area (Å²) >= 11 is -1.27. The van der Waals surface area contributed by atoms with Crippen LogP contribution in [0, 0.1) is 0 Å². The molecule has 0 aliphatic carbocycles. The standard InChI is InChI=1S/C12H12N2OS/c13-10-5-4-8-12(9-10)16(15)14-11-6-2-1-3-7-11/h1-9,14H,13H2. The van der Waals surface area contributed by atoms with E-state index in [1.54, 1.807) is 24.3 Å². The fourth-order valence-electron chi connectivity index (χ4n) is 1.30. The number of nitrogens with one attached hydrogen (secondary N) is 1. The molecule has 1 atom stereocenters. The maximum absolute atomic E-state index is 11.9. The molecule has 2 aromatic rings. The number of anilines is 2. The van der Waals surface area contributed by atoms with Gasteiger partial charge in [-0.15, -0.1) is 0 Å². The Hall–Kier alpha value is -1.65. The second kappa shape index (κ2) is 4.92. The first kappa shape index (κ1) is 10.9. The third kappa shape index (κ3) is 2.68. The summed E-state index contributed by atoms with van der Waals surface area (Å²) in [4.78, 5) is 0.670. The van der Waals surface area contributed by atoms with Crippen LogP contribution in [-0.4, -0.2) is 4.55 Å². The van der Waals surface area contributed by atoms with Crippen molar-refractivity contribution in [3.63, 3.8) is 0 Å². The fourth-order valence-corrected chi connectivity index (χ4v) is 2.22. The van der Waals surface area contributed by atoms with Crippen LogP contribution in [0.3, 0.4) is 0 Å². The molecule has 82 valence electrons. The molecule has 4 heteroatoms. The predicted molar refractivity (Wildman–Crippen MR) is 67.3 cm³/mol. The monoisotopic (exact) mass is 232 g/mol. The van der Waals surface area contributed by atoms with Gasteiger partial charge in [0.25, 0.3) is 0 Å². The van der Waals surface area contributed by atoms with Crippen LogP contribution >= 0.6 is 0 Å². The van der Waals surface area contributed by atoms with Crippen LogP contribution in [0.5, 0.6) is 0 Å². The van der Waals surface area contributed by atoms with Crippen LogP contribution in [0.2, 0.25) is 0 Å². The molecule has 0 saturated carbocycles. The van der Waals surface area contributed by atoms with Gasteiger partial charge in [-0.2, -0.15) is 0 Å². The van der Waals surface area contributed by atoms with E-state index in [1.165, 1.54) is 0 Å². The van der Waals surface area contributed by atoms with Crippen LogP contribution in [0.15, 0.2) is 59.5 Å². The molecule has 0 saturated heterocycles. The van der Waals surface area contributed by atoms with Crippen molar-refractivity contribution >= 4 is 22.7 Å². The van der Waals surface area contributed by atoms with E-state index >= 15 is 0 Å². The molecule has 0 amide bonds. The first-order valence-electron chi connectivity index (χ1n) is 4.85. The van der Waals surface area contributed by atoms with E-state index in [1.807, 2.05) is 30.3 Å². The minimum atomic E-state index is -1.27. The molecule has 0 radical (unpaired) electrons. The summed E-state index contributed by atoms with van der Waals surface area (Å²) in [6.45, 7) is 0. The first-order valence-corrected chi connectivity index (χ1v) is 6.00. The van der Waals surface area contributed by atoms with Gasteiger partial charge in [-0.05, 0) is 24.3 Å². The van der Waals surface area contributed by atoms with Crippen LogP contribution in [0.1, 0.15) is 0 Å². The summed E-state index contributed by atoms with van der Waals surface area (Å²) in [6.07, 6.45) is 0. The minimum absolute atomic E-state index is 0.612. The highest BCUT2D eigenvalue weighted by atomic mass is 32.2. The number of rotatable bonds is 3. The van der Waals surface area contributed by atoms with Gasteiger partial charge >= 0.3 is 0 Å². The smallest absolute Gasteiger partial charge is 0.181 e. The van der Waals surface area contributed by atoms with Crippen molar-refractivity contribution in [2.24, 2.45) is 0 Å². The molecule has 0 bridgehead atoms. The Kier molecular flexibility index (Phi) is 3.34. The van der Waals surface area contributed by atoms with E-state index < -0.39 is 11.4 Å².